The minimum Gasteiger partial charge on any atom is -0.504 e. The molecule has 1 aliphatic carbocycles. The van der Waals surface area contributed by atoms with E-state index in [1.807, 2.05) is 20.0 Å². The van der Waals surface area contributed by atoms with Crippen LogP contribution in [0.3, 0.4) is 0 Å². The van der Waals surface area contributed by atoms with E-state index >= 15 is 0 Å². The summed E-state index contributed by atoms with van der Waals surface area (Å²) in [4.78, 5) is 0. The van der Waals surface area contributed by atoms with Gasteiger partial charge in [-0.15, -0.1) is 0 Å². The highest BCUT2D eigenvalue weighted by atomic mass is 16.5. The molecule has 0 amide bonds. The first-order chi connectivity index (χ1) is 11.8. The van der Waals surface area contributed by atoms with Gasteiger partial charge in [-0.1, -0.05) is 26.0 Å². The van der Waals surface area contributed by atoms with E-state index in [2.05, 4.69) is 38.2 Å². The summed E-state index contributed by atoms with van der Waals surface area (Å²) < 4.78 is 10.2. The van der Waals surface area contributed by atoms with Gasteiger partial charge in [0.05, 0.1) is 20.0 Å². The number of aromatic hydroxyl groups is 1. The third-order valence-electron chi connectivity index (χ3n) is 4.99. The zero-order valence-corrected chi connectivity index (χ0v) is 16.6. The van der Waals surface area contributed by atoms with Crippen LogP contribution in [0.1, 0.15) is 39.2 Å². The van der Waals surface area contributed by atoms with Gasteiger partial charge in [-0.2, -0.15) is 0 Å². The normalized spacial score (nSPS) is 20.6. The smallest absolute Gasteiger partial charge is 0.160 e. The molecule has 0 aliphatic heterocycles. The lowest BCUT2D eigenvalue weighted by Gasteiger charge is -2.37. The van der Waals surface area contributed by atoms with E-state index in [9.17, 15) is 0 Å². The lowest BCUT2D eigenvalue weighted by atomic mass is 9.71. The molecular formula is C21H33NO3. The lowest BCUT2D eigenvalue weighted by Crippen LogP contribution is -2.34. The molecule has 2 unspecified atom stereocenters. The predicted octanol–water partition coefficient (Wildman–Crippen LogP) is 4.58. The van der Waals surface area contributed by atoms with Crippen LogP contribution in [-0.4, -0.2) is 32.4 Å². The topological polar surface area (TPSA) is 50.7 Å². The van der Waals surface area contributed by atoms with E-state index in [1.54, 1.807) is 19.2 Å². The molecule has 0 spiro atoms. The van der Waals surface area contributed by atoms with E-state index in [1.165, 1.54) is 12.7 Å². The zero-order valence-electron chi connectivity index (χ0n) is 16.6. The van der Waals surface area contributed by atoms with Crippen LogP contribution in [0.4, 0.5) is 0 Å². The molecule has 140 valence electrons. The fourth-order valence-corrected chi connectivity index (χ4v) is 3.02. The van der Waals surface area contributed by atoms with Crippen molar-refractivity contribution in [2.24, 2.45) is 5.41 Å². The van der Waals surface area contributed by atoms with Crippen LogP contribution in [-0.2, 0) is 4.74 Å². The van der Waals surface area contributed by atoms with E-state index in [4.69, 9.17) is 14.6 Å². The van der Waals surface area contributed by atoms with Crippen molar-refractivity contribution >= 4 is 0 Å². The summed E-state index contributed by atoms with van der Waals surface area (Å²) in [7, 11) is 5.30. The van der Waals surface area contributed by atoms with Crippen molar-refractivity contribution in [1.82, 2.24) is 5.32 Å². The maximum absolute atomic E-state index is 9.17. The number of hydrogen-bond acceptors (Lipinski definition) is 4. The molecule has 4 heteroatoms. The highest BCUT2D eigenvalue weighted by molar-refractivity contribution is 5.41. The van der Waals surface area contributed by atoms with Crippen LogP contribution in [0.5, 0.6) is 11.5 Å². The maximum Gasteiger partial charge on any atom is 0.160 e. The van der Waals surface area contributed by atoms with Crippen molar-refractivity contribution < 1.29 is 14.6 Å². The molecular weight excluding hydrogens is 314 g/mol. The predicted molar refractivity (Wildman–Crippen MR) is 104 cm³/mol. The van der Waals surface area contributed by atoms with Crippen LogP contribution >= 0.6 is 0 Å². The number of aryl methyl sites for hydroxylation is 1. The fourth-order valence-electron chi connectivity index (χ4n) is 3.02. The first-order valence-electron chi connectivity index (χ1n) is 8.77. The van der Waals surface area contributed by atoms with Crippen molar-refractivity contribution in [3.8, 4) is 11.5 Å². The Morgan fingerprint density at radius 2 is 1.92 bits per heavy atom. The van der Waals surface area contributed by atoms with Gasteiger partial charge in [-0.25, -0.2) is 0 Å². The molecule has 0 saturated heterocycles. The van der Waals surface area contributed by atoms with Crippen LogP contribution < -0.4 is 10.1 Å². The van der Waals surface area contributed by atoms with Gasteiger partial charge in [-0.3, -0.25) is 0 Å². The second-order valence-corrected chi connectivity index (χ2v) is 6.74. The van der Waals surface area contributed by atoms with Crippen molar-refractivity contribution in [3.05, 3.63) is 47.2 Å². The number of phenols is 1. The first-order valence-corrected chi connectivity index (χ1v) is 8.77. The number of benzene rings is 1. The summed E-state index contributed by atoms with van der Waals surface area (Å²) in [6.07, 6.45) is 6.47. The van der Waals surface area contributed by atoms with Gasteiger partial charge >= 0.3 is 0 Å². The number of nitrogens with one attached hydrogen (secondary N) is 1. The summed E-state index contributed by atoms with van der Waals surface area (Å²) in [5, 5.41) is 12.5. The summed E-state index contributed by atoms with van der Waals surface area (Å²) in [5.74, 6) is 1.81. The molecule has 25 heavy (non-hydrogen) atoms. The Kier molecular flexibility index (Phi) is 8.04. The first kappa shape index (κ1) is 21.1. The Morgan fingerprint density at radius 3 is 2.40 bits per heavy atom. The highest BCUT2D eigenvalue weighted by Gasteiger charge is 2.33. The third-order valence-corrected chi connectivity index (χ3v) is 4.99. The SMILES string of the molecule is CCC1(C)CC(OC)=CC=C1C(C)NC.COc1ccc(C)cc1O. The number of methoxy groups -OCH3 is 2. The van der Waals surface area contributed by atoms with Crippen LogP contribution in [0, 0.1) is 12.3 Å². The number of phenolic OH excluding ortho intramolecular Hbond substituents is 1. The van der Waals surface area contributed by atoms with Gasteiger partial charge in [0.25, 0.3) is 0 Å². The second-order valence-electron chi connectivity index (χ2n) is 6.74. The summed E-state index contributed by atoms with van der Waals surface area (Å²) in [6.45, 7) is 8.69. The molecule has 0 heterocycles. The molecule has 0 fully saturated rings. The van der Waals surface area contributed by atoms with Gasteiger partial charge in [0.2, 0.25) is 0 Å². The van der Waals surface area contributed by atoms with Crippen molar-refractivity contribution in [1.29, 1.82) is 0 Å². The second kappa shape index (κ2) is 9.52. The quantitative estimate of drug-likeness (QED) is 0.818. The monoisotopic (exact) mass is 347 g/mol. The molecule has 2 atom stereocenters. The Labute approximate surface area is 152 Å². The minimum absolute atomic E-state index is 0.197. The maximum atomic E-state index is 9.17. The lowest BCUT2D eigenvalue weighted by molar-refractivity contribution is 0.222. The molecule has 0 radical (unpaired) electrons. The van der Waals surface area contributed by atoms with E-state index < -0.39 is 0 Å². The van der Waals surface area contributed by atoms with Crippen LogP contribution in [0.2, 0.25) is 0 Å². The average Bonchev–Trinajstić information content (AvgIpc) is 2.61. The van der Waals surface area contributed by atoms with Crippen molar-refractivity contribution in [2.75, 3.05) is 21.3 Å². The van der Waals surface area contributed by atoms with E-state index in [0.717, 1.165) is 24.2 Å². The third kappa shape index (κ3) is 5.53. The van der Waals surface area contributed by atoms with Gasteiger partial charge in [0.1, 0.15) is 0 Å². The average molecular weight is 347 g/mol. The molecule has 0 saturated carbocycles. The van der Waals surface area contributed by atoms with Gasteiger partial charge in [0.15, 0.2) is 11.5 Å². The highest BCUT2D eigenvalue weighted by Crippen LogP contribution is 2.41. The van der Waals surface area contributed by atoms with Gasteiger partial charge in [-0.05, 0) is 62.1 Å². The number of rotatable bonds is 5. The fraction of sp³-hybridized carbons (Fsp3) is 0.524. The van der Waals surface area contributed by atoms with Gasteiger partial charge < -0.3 is 19.9 Å². The minimum atomic E-state index is 0.197. The number of ether oxygens (including phenoxy) is 2. The molecule has 1 aromatic carbocycles. The van der Waals surface area contributed by atoms with Gasteiger partial charge in [0, 0.05) is 12.5 Å². The largest absolute Gasteiger partial charge is 0.504 e. The summed E-state index contributed by atoms with van der Waals surface area (Å²) >= 11 is 0. The van der Waals surface area contributed by atoms with Crippen molar-refractivity contribution in [3.63, 3.8) is 0 Å². The summed E-state index contributed by atoms with van der Waals surface area (Å²) in [6, 6.07) is 5.73. The zero-order chi connectivity index (χ0) is 19.0. The molecule has 0 bridgehead atoms. The molecule has 1 aliphatic rings. The standard InChI is InChI=1S/C13H23NO.C8H10O2/c1-6-13(3)9-11(15-5)7-8-12(13)10(2)14-4;1-6-3-4-8(10-2)7(9)5-6/h7-8,10,14H,6,9H2,1-5H3;3-5,9H,1-2H3. The molecule has 4 nitrogen and oxygen atoms in total. The van der Waals surface area contributed by atoms with Crippen LogP contribution in [0.15, 0.2) is 41.7 Å². The molecule has 1 aromatic rings. The number of hydrogen-bond donors (Lipinski definition) is 2. The van der Waals surface area contributed by atoms with E-state index in [0.29, 0.717) is 11.8 Å². The molecule has 0 aromatic heterocycles. The van der Waals surface area contributed by atoms with E-state index in [-0.39, 0.29) is 11.2 Å². The number of likely N-dealkylation sites (N-methyl/N-ethyl adjacent to an activating group) is 1. The Morgan fingerprint density at radius 1 is 1.24 bits per heavy atom. The Balaban J connectivity index is 0.000000271. The van der Waals surface area contributed by atoms with Crippen molar-refractivity contribution in [2.45, 2.75) is 46.6 Å². The molecule has 2 N–H and O–H groups in total. The summed E-state index contributed by atoms with van der Waals surface area (Å²) in [5.41, 5.74) is 2.74. The van der Waals surface area contributed by atoms with Crippen LogP contribution in [0.25, 0.3) is 0 Å². The Bertz CT molecular complexity index is 622. The molecule has 2 rings (SSSR count). The Hall–Kier alpha value is -1.94. The number of allylic oxidation sites excluding steroid dienone is 3.